The second-order valence-corrected chi connectivity index (χ2v) is 8.84. The third-order valence-electron chi connectivity index (χ3n) is 6.26. The lowest BCUT2D eigenvalue weighted by molar-refractivity contribution is 0.260. The van der Waals surface area contributed by atoms with Crippen LogP contribution in [0.3, 0.4) is 0 Å². The molecule has 2 aromatic carbocycles. The van der Waals surface area contributed by atoms with Crippen molar-refractivity contribution in [2.75, 3.05) is 6.54 Å². The maximum absolute atomic E-state index is 6.38. The average Bonchev–Trinajstić information content (AvgIpc) is 3.22. The van der Waals surface area contributed by atoms with E-state index in [2.05, 4.69) is 40.9 Å². The summed E-state index contributed by atoms with van der Waals surface area (Å²) in [4.78, 5) is 4.84. The fourth-order valence-corrected chi connectivity index (χ4v) is 5.49. The molecule has 1 fully saturated rings. The van der Waals surface area contributed by atoms with E-state index < -0.39 is 0 Å². The zero-order valence-corrected chi connectivity index (χ0v) is 17.9. The van der Waals surface area contributed by atoms with Crippen LogP contribution in [0, 0.1) is 6.92 Å². The number of aromatic nitrogens is 2. The summed E-state index contributed by atoms with van der Waals surface area (Å²) in [7, 11) is 2.01. The van der Waals surface area contributed by atoms with E-state index in [4.69, 9.17) is 28.2 Å². The van der Waals surface area contributed by atoms with Crippen molar-refractivity contribution >= 4 is 35.1 Å². The number of piperidine rings is 1. The van der Waals surface area contributed by atoms with Crippen LogP contribution in [0.2, 0.25) is 10.0 Å². The van der Waals surface area contributed by atoms with Crippen molar-refractivity contribution in [2.45, 2.75) is 30.7 Å². The van der Waals surface area contributed by atoms with Crippen LogP contribution in [0.4, 0.5) is 5.69 Å². The second kappa shape index (κ2) is 6.98. The summed E-state index contributed by atoms with van der Waals surface area (Å²) < 4.78 is 1.98. The Morgan fingerprint density at radius 2 is 1.93 bits per heavy atom. The maximum atomic E-state index is 6.38. The van der Waals surface area contributed by atoms with Gasteiger partial charge in [0.05, 0.1) is 28.5 Å². The highest BCUT2D eigenvalue weighted by Crippen LogP contribution is 2.56. The minimum absolute atomic E-state index is 0.0395. The van der Waals surface area contributed by atoms with Crippen molar-refractivity contribution < 1.29 is 0 Å². The smallest absolute Gasteiger partial charge is 0.0683 e. The first-order valence-corrected chi connectivity index (χ1v) is 10.6. The lowest BCUT2D eigenvalue weighted by atomic mass is 9.61. The van der Waals surface area contributed by atoms with Gasteiger partial charge in [-0.2, -0.15) is 5.10 Å². The Hall–Kier alpha value is -2.14. The van der Waals surface area contributed by atoms with E-state index in [-0.39, 0.29) is 17.4 Å². The van der Waals surface area contributed by atoms with Gasteiger partial charge in [-0.25, -0.2) is 0 Å². The zero-order valence-electron chi connectivity index (χ0n) is 16.4. The number of fused-ring (bicyclic) bond motifs is 2. The van der Waals surface area contributed by atoms with Crippen molar-refractivity contribution in [1.29, 1.82) is 0 Å². The molecule has 0 bridgehead atoms. The normalized spacial score (nSPS) is 25.5. The molecular formula is C23H22Cl2N4. The van der Waals surface area contributed by atoms with Crippen molar-refractivity contribution in [3.05, 3.63) is 81.1 Å². The molecule has 2 aliphatic rings. The summed E-state index contributed by atoms with van der Waals surface area (Å²) in [5.41, 5.74) is 5.19. The van der Waals surface area contributed by atoms with Crippen LogP contribution >= 0.6 is 23.2 Å². The molecule has 2 aliphatic heterocycles. The van der Waals surface area contributed by atoms with Crippen LogP contribution < -0.4 is 5.32 Å². The van der Waals surface area contributed by atoms with Crippen LogP contribution in [0.5, 0.6) is 0 Å². The van der Waals surface area contributed by atoms with E-state index in [1.807, 2.05) is 42.9 Å². The molecule has 3 heterocycles. The van der Waals surface area contributed by atoms with Crippen LogP contribution in [0.15, 0.2) is 53.5 Å². The van der Waals surface area contributed by atoms with E-state index in [1.54, 1.807) is 0 Å². The van der Waals surface area contributed by atoms with Crippen LogP contribution in [0.25, 0.3) is 0 Å². The highest BCUT2D eigenvalue weighted by Gasteiger charge is 2.53. The van der Waals surface area contributed by atoms with Gasteiger partial charge in [0.25, 0.3) is 0 Å². The Balaban J connectivity index is 1.75. The summed E-state index contributed by atoms with van der Waals surface area (Å²) in [5, 5.41) is 9.85. The molecule has 0 amide bonds. The standard InChI is InChI=1S/C23H22Cl2N4/c1-14-10-21(29(2)28-14)22-23(13-27-20-12-17(25)6-7-19(20)23)18(8-9-26-22)15-4-3-5-16(24)11-15/h3-7,10-13,18,22,26H,8-9H2,1-2H3/t18-,22-,23-/m0/s1. The summed E-state index contributed by atoms with van der Waals surface area (Å²) in [5.74, 6) is 0.230. The van der Waals surface area contributed by atoms with Crippen molar-refractivity contribution in [3.8, 4) is 0 Å². The topological polar surface area (TPSA) is 42.2 Å². The Morgan fingerprint density at radius 3 is 2.69 bits per heavy atom. The van der Waals surface area contributed by atoms with Gasteiger partial charge in [-0.05, 0) is 61.3 Å². The maximum Gasteiger partial charge on any atom is 0.0683 e. The molecule has 4 nitrogen and oxygen atoms in total. The molecule has 0 radical (unpaired) electrons. The monoisotopic (exact) mass is 424 g/mol. The minimum atomic E-state index is -0.344. The Morgan fingerprint density at radius 1 is 1.10 bits per heavy atom. The van der Waals surface area contributed by atoms with Gasteiger partial charge in [0.1, 0.15) is 0 Å². The Labute approximate surface area is 180 Å². The SMILES string of the molecule is Cc1cc([C@@H]2NCC[C@@H](c3cccc(Cl)c3)[C@]23C=Nc2cc(Cl)ccc23)n(C)n1. The first kappa shape index (κ1) is 18.9. The minimum Gasteiger partial charge on any atom is -0.308 e. The highest BCUT2D eigenvalue weighted by molar-refractivity contribution is 6.31. The molecule has 29 heavy (non-hydrogen) atoms. The predicted molar refractivity (Wildman–Crippen MR) is 119 cm³/mol. The number of benzene rings is 2. The van der Waals surface area contributed by atoms with Crippen LogP contribution in [-0.2, 0) is 12.5 Å². The molecule has 0 aliphatic carbocycles. The molecule has 1 N–H and O–H groups in total. The van der Waals surface area contributed by atoms with Gasteiger partial charge in [-0.1, -0.05) is 41.4 Å². The number of halogens is 2. The van der Waals surface area contributed by atoms with Gasteiger partial charge in [0.15, 0.2) is 0 Å². The Bertz CT molecular complexity index is 1120. The highest BCUT2D eigenvalue weighted by atomic mass is 35.5. The van der Waals surface area contributed by atoms with E-state index in [1.165, 1.54) is 11.1 Å². The van der Waals surface area contributed by atoms with Crippen LogP contribution in [-0.4, -0.2) is 22.5 Å². The van der Waals surface area contributed by atoms with E-state index in [0.29, 0.717) is 5.02 Å². The molecule has 0 unspecified atom stereocenters. The van der Waals surface area contributed by atoms with Gasteiger partial charge < -0.3 is 5.32 Å². The zero-order chi connectivity index (χ0) is 20.2. The number of hydrogen-bond donors (Lipinski definition) is 1. The number of hydrogen-bond acceptors (Lipinski definition) is 3. The number of nitrogens with one attached hydrogen (secondary N) is 1. The van der Waals surface area contributed by atoms with Gasteiger partial charge >= 0.3 is 0 Å². The molecule has 3 aromatic rings. The quantitative estimate of drug-likeness (QED) is 0.589. The summed E-state index contributed by atoms with van der Waals surface area (Å²) >= 11 is 12.7. The second-order valence-electron chi connectivity index (χ2n) is 7.97. The summed E-state index contributed by atoms with van der Waals surface area (Å²) in [6, 6.07) is 16.5. The van der Waals surface area contributed by atoms with Crippen molar-refractivity contribution in [1.82, 2.24) is 15.1 Å². The third kappa shape index (κ3) is 2.93. The molecule has 148 valence electrons. The number of rotatable bonds is 2. The van der Waals surface area contributed by atoms with E-state index in [0.717, 1.165) is 35.1 Å². The molecular weight excluding hydrogens is 403 g/mol. The Kier molecular flexibility index (Phi) is 4.54. The van der Waals surface area contributed by atoms with E-state index >= 15 is 0 Å². The van der Waals surface area contributed by atoms with Gasteiger partial charge in [-0.3, -0.25) is 9.67 Å². The molecule has 3 atom stereocenters. The summed E-state index contributed by atoms with van der Waals surface area (Å²) in [6.45, 7) is 2.94. The molecule has 1 spiro atoms. The third-order valence-corrected chi connectivity index (χ3v) is 6.73. The first-order valence-electron chi connectivity index (χ1n) is 9.83. The largest absolute Gasteiger partial charge is 0.308 e. The van der Waals surface area contributed by atoms with Gasteiger partial charge in [-0.15, -0.1) is 0 Å². The van der Waals surface area contributed by atoms with Crippen LogP contribution in [0.1, 0.15) is 40.9 Å². The van der Waals surface area contributed by atoms with E-state index in [9.17, 15) is 0 Å². The average molecular weight is 425 g/mol. The summed E-state index contributed by atoms with van der Waals surface area (Å²) in [6.07, 6.45) is 3.11. The lowest BCUT2D eigenvalue weighted by Gasteiger charge is -2.47. The lowest BCUT2D eigenvalue weighted by Crippen LogP contribution is -2.51. The molecule has 0 saturated carbocycles. The number of aryl methyl sites for hydroxylation is 2. The van der Waals surface area contributed by atoms with Crippen molar-refractivity contribution in [3.63, 3.8) is 0 Å². The van der Waals surface area contributed by atoms with Gasteiger partial charge in [0.2, 0.25) is 0 Å². The molecule has 1 saturated heterocycles. The number of nitrogens with zero attached hydrogens (tertiary/aromatic N) is 3. The fourth-order valence-electron chi connectivity index (χ4n) is 5.13. The predicted octanol–water partition coefficient (Wildman–Crippen LogP) is 5.51. The first-order chi connectivity index (χ1) is 14.0. The van der Waals surface area contributed by atoms with Gasteiger partial charge in [0, 0.05) is 29.2 Å². The molecule has 6 heteroatoms. The molecule has 1 aromatic heterocycles. The number of aliphatic imine (C=N–C) groups is 1. The van der Waals surface area contributed by atoms with Crippen molar-refractivity contribution in [2.24, 2.45) is 12.0 Å². The molecule has 5 rings (SSSR count). The fraction of sp³-hybridized carbons (Fsp3) is 0.304.